The minimum absolute atomic E-state index is 0.297. The standard InChI is InChI=1S/C7H10N2/c8-7-2-1-5-3-9-4-6(5)7/h3-4,7,9H,1-2,8H2. The van der Waals surface area contributed by atoms with Crippen molar-refractivity contribution in [3.05, 3.63) is 23.5 Å². The highest BCUT2D eigenvalue weighted by Gasteiger charge is 2.18. The number of hydrogen-bond acceptors (Lipinski definition) is 1. The van der Waals surface area contributed by atoms with Crippen molar-refractivity contribution >= 4 is 0 Å². The highest BCUT2D eigenvalue weighted by atomic mass is 14.7. The van der Waals surface area contributed by atoms with Crippen LogP contribution in [0.1, 0.15) is 23.6 Å². The molecule has 2 nitrogen and oxygen atoms in total. The molecule has 0 fully saturated rings. The Hall–Kier alpha value is -0.760. The summed E-state index contributed by atoms with van der Waals surface area (Å²) in [4.78, 5) is 3.05. The lowest BCUT2D eigenvalue weighted by atomic mass is 10.2. The normalized spacial score (nSPS) is 24.3. The molecule has 1 aliphatic carbocycles. The molecule has 0 saturated carbocycles. The van der Waals surface area contributed by atoms with Gasteiger partial charge in [0.2, 0.25) is 0 Å². The van der Waals surface area contributed by atoms with E-state index >= 15 is 0 Å². The average molecular weight is 122 g/mol. The zero-order valence-electron chi connectivity index (χ0n) is 5.22. The second-order valence-electron chi connectivity index (χ2n) is 2.58. The number of nitrogens with one attached hydrogen (secondary N) is 1. The van der Waals surface area contributed by atoms with Crippen molar-refractivity contribution in [3.8, 4) is 0 Å². The molecule has 1 heterocycles. The summed E-state index contributed by atoms with van der Waals surface area (Å²) < 4.78 is 0. The molecule has 0 aliphatic heterocycles. The topological polar surface area (TPSA) is 41.8 Å². The highest BCUT2D eigenvalue weighted by molar-refractivity contribution is 5.30. The van der Waals surface area contributed by atoms with E-state index < -0.39 is 0 Å². The van der Waals surface area contributed by atoms with Crippen molar-refractivity contribution in [2.75, 3.05) is 0 Å². The van der Waals surface area contributed by atoms with Crippen molar-refractivity contribution in [1.29, 1.82) is 0 Å². The largest absolute Gasteiger partial charge is 0.367 e. The molecule has 1 aliphatic rings. The summed E-state index contributed by atoms with van der Waals surface area (Å²) in [7, 11) is 0. The Kier molecular flexibility index (Phi) is 0.904. The predicted octanol–water partition coefficient (Wildman–Crippen LogP) is 0.961. The summed E-state index contributed by atoms with van der Waals surface area (Å²) in [6.45, 7) is 0. The van der Waals surface area contributed by atoms with Gasteiger partial charge < -0.3 is 10.7 Å². The van der Waals surface area contributed by atoms with Crippen LogP contribution in [0.4, 0.5) is 0 Å². The number of aryl methyl sites for hydroxylation is 1. The van der Waals surface area contributed by atoms with Crippen molar-refractivity contribution in [1.82, 2.24) is 4.98 Å². The van der Waals surface area contributed by atoms with E-state index in [2.05, 4.69) is 4.98 Å². The van der Waals surface area contributed by atoms with Gasteiger partial charge in [-0.2, -0.15) is 0 Å². The summed E-state index contributed by atoms with van der Waals surface area (Å²) in [6.07, 6.45) is 6.33. The Balaban J connectivity index is 2.49. The monoisotopic (exact) mass is 122 g/mol. The molecule has 2 heteroatoms. The van der Waals surface area contributed by atoms with Crippen LogP contribution in [0.15, 0.2) is 12.4 Å². The van der Waals surface area contributed by atoms with E-state index in [4.69, 9.17) is 5.73 Å². The molecule has 0 aromatic carbocycles. The maximum absolute atomic E-state index is 5.77. The molecular formula is C7H10N2. The molecule has 1 aromatic rings. The summed E-state index contributed by atoms with van der Waals surface area (Å²) in [5.74, 6) is 0. The van der Waals surface area contributed by atoms with Crippen molar-refractivity contribution < 1.29 is 0 Å². The smallest absolute Gasteiger partial charge is 0.0315 e. The molecule has 0 amide bonds. The van der Waals surface area contributed by atoms with Gasteiger partial charge in [0.25, 0.3) is 0 Å². The van der Waals surface area contributed by atoms with Gasteiger partial charge in [-0.05, 0) is 24.0 Å². The minimum atomic E-state index is 0.297. The fraction of sp³-hybridized carbons (Fsp3) is 0.429. The van der Waals surface area contributed by atoms with Crippen molar-refractivity contribution in [2.24, 2.45) is 5.73 Å². The highest BCUT2D eigenvalue weighted by Crippen LogP contribution is 2.27. The lowest BCUT2D eigenvalue weighted by Crippen LogP contribution is -2.03. The third-order valence-corrected chi connectivity index (χ3v) is 1.99. The van der Waals surface area contributed by atoms with Crippen LogP contribution in [-0.2, 0) is 6.42 Å². The maximum atomic E-state index is 5.77. The van der Waals surface area contributed by atoms with Crippen LogP contribution in [-0.4, -0.2) is 4.98 Å². The van der Waals surface area contributed by atoms with E-state index in [0.717, 1.165) is 12.8 Å². The number of rotatable bonds is 0. The Morgan fingerprint density at radius 2 is 2.44 bits per heavy atom. The number of fused-ring (bicyclic) bond motifs is 1. The van der Waals surface area contributed by atoms with Gasteiger partial charge in [0.05, 0.1) is 0 Å². The van der Waals surface area contributed by atoms with Gasteiger partial charge in [0.15, 0.2) is 0 Å². The van der Waals surface area contributed by atoms with E-state index in [1.165, 1.54) is 11.1 Å². The number of aromatic nitrogens is 1. The molecule has 0 saturated heterocycles. The quantitative estimate of drug-likeness (QED) is 0.528. The van der Waals surface area contributed by atoms with Crippen LogP contribution in [0.25, 0.3) is 0 Å². The van der Waals surface area contributed by atoms with Crippen molar-refractivity contribution in [3.63, 3.8) is 0 Å². The number of nitrogens with two attached hydrogens (primary N) is 1. The first-order chi connectivity index (χ1) is 4.38. The van der Waals surface area contributed by atoms with Gasteiger partial charge in [-0.1, -0.05) is 0 Å². The van der Waals surface area contributed by atoms with Crippen LogP contribution in [0.2, 0.25) is 0 Å². The van der Waals surface area contributed by atoms with Crippen LogP contribution in [0.3, 0.4) is 0 Å². The van der Waals surface area contributed by atoms with E-state index in [0.29, 0.717) is 6.04 Å². The molecule has 3 N–H and O–H groups in total. The molecule has 1 unspecified atom stereocenters. The lowest BCUT2D eigenvalue weighted by molar-refractivity contribution is 0.709. The first-order valence-electron chi connectivity index (χ1n) is 3.29. The van der Waals surface area contributed by atoms with E-state index in [-0.39, 0.29) is 0 Å². The summed E-state index contributed by atoms with van der Waals surface area (Å²) >= 11 is 0. The van der Waals surface area contributed by atoms with E-state index in [9.17, 15) is 0 Å². The second kappa shape index (κ2) is 1.61. The zero-order valence-corrected chi connectivity index (χ0v) is 5.22. The van der Waals surface area contributed by atoms with Crippen LogP contribution in [0, 0.1) is 0 Å². The van der Waals surface area contributed by atoms with E-state index in [1.807, 2.05) is 12.4 Å². The second-order valence-corrected chi connectivity index (χ2v) is 2.58. The number of hydrogen-bond donors (Lipinski definition) is 2. The molecule has 0 bridgehead atoms. The third-order valence-electron chi connectivity index (χ3n) is 1.99. The van der Waals surface area contributed by atoms with Gasteiger partial charge in [-0.3, -0.25) is 0 Å². The molecule has 1 atom stereocenters. The fourth-order valence-electron chi connectivity index (χ4n) is 1.44. The maximum Gasteiger partial charge on any atom is 0.0315 e. The summed E-state index contributed by atoms with van der Waals surface area (Å²) in [5, 5.41) is 0. The Morgan fingerprint density at radius 3 is 3.22 bits per heavy atom. The molecule has 48 valence electrons. The molecule has 1 aromatic heterocycles. The first-order valence-corrected chi connectivity index (χ1v) is 3.29. The van der Waals surface area contributed by atoms with Gasteiger partial charge in [-0.25, -0.2) is 0 Å². The van der Waals surface area contributed by atoms with Gasteiger partial charge in [0.1, 0.15) is 0 Å². The van der Waals surface area contributed by atoms with Crippen LogP contribution >= 0.6 is 0 Å². The number of H-pyrrole nitrogens is 1. The first kappa shape index (κ1) is 5.06. The lowest BCUT2D eigenvalue weighted by Gasteiger charge is -1.97. The Labute approximate surface area is 54.1 Å². The molecule has 0 radical (unpaired) electrons. The summed E-state index contributed by atoms with van der Waals surface area (Å²) in [6, 6.07) is 0.297. The average Bonchev–Trinajstić information content (AvgIpc) is 2.35. The molecule has 0 spiro atoms. The van der Waals surface area contributed by atoms with Crippen LogP contribution in [0.5, 0.6) is 0 Å². The Morgan fingerprint density at radius 1 is 1.56 bits per heavy atom. The summed E-state index contributed by atoms with van der Waals surface area (Å²) in [5.41, 5.74) is 8.49. The zero-order chi connectivity index (χ0) is 6.27. The number of aromatic amines is 1. The molecular weight excluding hydrogens is 112 g/mol. The molecule has 2 rings (SSSR count). The van der Waals surface area contributed by atoms with E-state index in [1.54, 1.807) is 0 Å². The van der Waals surface area contributed by atoms with Gasteiger partial charge in [-0.15, -0.1) is 0 Å². The Bertz CT molecular complexity index is 214. The van der Waals surface area contributed by atoms with Gasteiger partial charge >= 0.3 is 0 Å². The SMILES string of the molecule is NC1CCc2c[nH]cc21. The fourth-order valence-corrected chi connectivity index (χ4v) is 1.44. The van der Waals surface area contributed by atoms with Gasteiger partial charge in [0, 0.05) is 18.4 Å². The minimum Gasteiger partial charge on any atom is -0.367 e. The predicted molar refractivity (Wildman–Crippen MR) is 36.0 cm³/mol. The van der Waals surface area contributed by atoms with Crippen LogP contribution < -0.4 is 5.73 Å². The third kappa shape index (κ3) is 0.598. The van der Waals surface area contributed by atoms with Crippen molar-refractivity contribution in [2.45, 2.75) is 18.9 Å². The molecule has 9 heavy (non-hydrogen) atoms.